The number of H-pyrrole nitrogens is 1. The van der Waals surface area contributed by atoms with Gasteiger partial charge in [-0.05, 0) is 54.8 Å². The molecule has 0 atom stereocenters. The highest BCUT2D eigenvalue weighted by atomic mass is 19.1. The average Bonchev–Trinajstić information content (AvgIpc) is 3.17. The van der Waals surface area contributed by atoms with Gasteiger partial charge in [0.15, 0.2) is 5.65 Å². The molecular formula is C21H17F2N5O. The first kappa shape index (κ1) is 18.7. The molecular weight excluding hydrogens is 376 g/mol. The number of rotatable bonds is 6. The highest BCUT2D eigenvalue weighted by Crippen LogP contribution is 2.21. The topological polar surface area (TPSA) is 83.6 Å². The van der Waals surface area contributed by atoms with E-state index in [4.69, 9.17) is 0 Å². The van der Waals surface area contributed by atoms with Crippen LogP contribution in [0.2, 0.25) is 0 Å². The zero-order valence-electron chi connectivity index (χ0n) is 15.3. The number of hydrogen-bond acceptors (Lipinski definition) is 4. The Labute approximate surface area is 165 Å². The van der Waals surface area contributed by atoms with Gasteiger partial charge in [0, 0.05) is 24.5 Å². The summed E-state index contributed by atoms with van der Waals surface area (Å²) in [4.78, 5) is 28.0. The minimum atomic E-state index is -0.511. The molecule has 0 saturated carbocycles. The summed E-state index contributed by atoms with van der Waals surface area (Å²) in [6.07, 6.45) is 4.39. The molecule has 8 heteroatoms. The first-order valence-corrected chi connectivity index (χ1v) is 9.09. The van der Waals surface area contributed by atoms with Gasteiger partial charge in [0.05, 0.1) is 5.56 Å². The smallest absolute Gasteiger partial charge is 0.253 e. The number of carbonyl (C=O) groups excluding carboxylic acids is 1. The molecule has 4 rings (SSSR count). The van der Waals surface area contributed by atoms with E-state index in [-0.39, 0.29) is 11.7 Å². The number of nitrogens with zero attached hydrogens (tertiary/aromatic N) is 3. The van der Waals surface area contributed by atoms with E-state index in [0.717, 1.165) is 5.56 Å². The van der Waals surface area contributed by atoms with Crippen molar-refractivity contribution in [1.82, 2.24) is 25.3 Å². The van der Waals surface area contributed by atoms with Crippen molar-refractivity contribution in [3.8, 4) is 11.4 Å². The van der Waals surface area contributed by atoms with Crippen molar-refractivity contribution >= 4 is 17.1 Å². The van der Waals surface area contributed by atoms with Gasteiger partial charge < -0.3 is 10.3 Å². The third-order valence-electron chi connectivity index (χ3n) is 4.46. The van der Waals surface area contributed by atoms with Crippen molar-refractivity contribution in [3.05, 3.63) is 77.8 Å². The number of imidazole rings is 1. The first-order chi connectivity index (χ1) is 14.1. The number of carbonyl (C=O) groups is 1. The van der Waals surface area contributed by atoms with Gasteiger partial charge in [0.25, 0.3) is 5.91 Å². The third-order valence-corrected chi connectivity index (χ3v) is 4.46. The summed E-state index contributed by atoms with van der Waals surface area (Å²) in [6, 6.07) is 10.5. The second-order valence-electron chi connectivity index (χ2n) is 6.50. The Morgan fingerprint density at radius 2 is 1.86 bits per heavy atom. The quantitative estimate of drug-likeness (QED) is 0.387. The first-order valence-electron chi connectivity index (χ1n) is 9.09. The maximum absolute atomic E-state index is 13.1. The van der Waals surface area contributed by atoms with Crippen molar-refractivity contribution in [2.45, 2.75) is 12.8 Å². The van der Waals surface area contributed by atoms with Gasteiger partial charge in [-0.15, -0.1) is 0 Å². The van der Waals surface area contributed by atoms with Gasteiger partial charge in [0.1, 0.15) is 17.2 Å². The second kappa shape index (κ2) is 8.14. The molecule has 3 aromatic heterocycles. The van der Waals surface area contributed by atoms with Crippen molar-refractivity contribution in [3.63, 3.8) is 0 Å². The molecule has 0 radical (unpaired) electrons. The summed E-state index contributed by atoms with van der Waals surface area (Å²) in [5.74, 6) is -0.592. The summed E-state index contributed by atoms with van der Waals surface area (Å²) in [6.45, 7) is 0.454. The van der Waals surface area contributed by atoms with Crippen LogP contribution in [0, 0.1) is 11.8 Å². The maximum atomic E-state index is 13.1. The molecule has 0 unspecified atom stereocenters. The molecule has 0 saturated heterocycles. The number of aromatic amines is 1. The SMILES string of the molecule is O=C(NCCCc1ccc(F)nc1)c1ccnc2[nH]c(-c3ccc(F)cc3)nc12. The summed E-state index contributed by atoms with van der Waals surface area (Å²) in [7, 11) is 0. The van der Waals surface area contributed by atoms with Gasteiger partial charge in [-0.25, -0.2) is 19.3 Å². The van der Waals surface area contributed by atoms with Crippen LogP contribution in [-0.4, -0.2) is 32.4 Å². The minimum absolute atomic E-state index is 0.258. The Kier molecular flexibility index (Phi) is 5.24. The van der Waals surface area contributed by atoms with Crippen molar-refractivity contribution in [2.24, 2.45) is 0 Å². The van der Waals surface area contributed by atoms with Gasteiger partial charge in [-0.1, -0.05) is 6.07 Å². The molecule has 1 amide bonds. The molecule has 4 aromatic rings. The van der Waals surface area contributed by atoms with E-state index in [9.17, 15) is 13.6 Å². The lowest BCUT2D eigenvalue weighted by atomic mass is 10.1. The zero-order valence-corrected chi connectivity index (χ0v) is 15.3. The summed E-state index contributed by atoms with van der Waals surface area (Å²) < 4.78 is 26.0. The number of nitrogens with one attached hydrogen (secondary N) is 2. The molecule has 0 bridgehead atoms. The van der Waals surface area contributed by atoms with E-state index < -0.39 is 5.95 Å². The van der Waals surface area contributed by atoms with Crippen LogP contribution in [0.4, 0.5) is 8.78 Å². The molecule has 0 spiro atoms. The number of aryl methyl sites for hydroxylation is 1. The van der Waals surface area contributed by atoms with Crippen molar-refractivity contribution < 1.29 is 13.6 Å². The highest BCUT2D eigenvalue weighted by Gasteiger charge is 2.15. The Morgan fingerprint density at radius 3 is 2.62 bits per heavy atom. The maximum Gasteiger partial charge on any atom is 0.253 e. The second-order valence-corrected chi connectivity index (χ2v) is 6.50. The molecule has 3 heterocycles. The van der Waals surface area contributed by atoms with Gasteiger partial charge in [-0.2, -0.15) is 4.39 Å². The van der Waals surface area contributed by atoms with Gasteiger partial charge in [0.2, 0.25) is 5.95 Å². The van der Waals surface area contributed by atoms with Crippen LogP contribution in [0.15, 0.2) is 54.9 Å². The number of halogens is 2. The summed E-state index contributed by atoms with van der Waals surface area (Å²) in [5, 5.41) is 2.86. The van der Waals surface area contributed by atoms with E-state index >= 15 is 0 Å². The van der Waals surface area contributed by atoms with E-state index in [0.29, 0.717) is 47.5 Å². The van der Waals surface area contributed by atoms with Crippen molar-refractivity contribution in [2.75, 3.05) is 6.54 Å². The number of benzene rings is 1. The van der Waals surface area contributed by atoms with E-state index in [1.807, 2.05) is 0 Å². The number of fused-ring (bicyclic) bond motifs is 1. The van der Waals surface area contributed by atoms with Crippen LogP contribution in [0.3, 0.4) is 0 Å². The minimum Gasteiger partial charge on any atom is -0.352 e. The van der Waals surface area contributed by atoms with Crippen LogP contribution in [0.1, 0.15) is 22.3 Å². The zero-order chi connectivity index (χ0) is 20.2. The Bertz CT molecular complexity index is 1140. The Hall–Kier alpha value is -3.68. The fourth-order valence-electron chi connectivity index (χ4n) is 2.98. The van der Waals surface area contributed by atoms with Crippen LogP contribution in [0.25, 0.3) is 22.6 Å². The molecule has 146 valence electrons. The lowest BCUT2D eigenvalue weighted by molar-refractivity contribution is 0.0954. The standard InChI is InChI=1S/C21H17F2N5O/c22-15-6-4-14(5-7-15)19-27-18-16(9-11-24-20(18)28-19)21(29)25-10-1-2-13-3-8-17(23)26-12-13/h3-9,11-12H,1-2,10H2,(H,25,29)(H,24,27,28). The van der Waals surface area contributed by atoms with E-state index in [2.05, 4.69) is 25.3 Å². The van der Waals surface area contributed by atoms with Crippen LogP contribution < -0.4 is 5.32 Å². The molecule has 0 aliphatic carbocycles. The molecule has 0 aliphatic heterocycles. The fourth-order valence-corrected chi connectivity index (χ4v) is 2.98. The normalized spacial score (nSPS) is 11.0. The predicted molar refractivity (Wildman–Crippen MR) is 104 cm³/mol. The molecule has 6 nitrogen and oxygen atoms in total. The molecule has 1 aromatic carbocycles. The predicted octanol–water partition coefficient (Wildman–Crippen LogP) is 3.66. The van der Waals surface area contributed by atoms with Crippen molar-refractivity contribution in [1.29, 1.82) is 0 Å². The van der Waals surface area contributed by atoms with Gasteiger partial charge in [-0.3, -0.25) is 4.79 Å². The fraction of sp³-hybridized carbons (Fsp3) is 0.143. The summed E-state index contributed by atoms with van der Waals surface area (Å²) >= 11 is 0. The number of aromatic nitrogens is 4. The third kappa shape index (κ3) is 4.26. The Balaban J connectivity index is 1.44. The molecule has 2 N–H and O–H groups in total. The Morgan fingerprint density at radius 1 is 1.03 bits per heavy atom. The lowest BCUT2D eigenvalue weighted by Gasteiger charge is -2.05. The molecule has 0 aliphatic rings. The number of amides is 1. The van der Waals surface area contributed by atoms with Crippen LogP contribution in [0.5, 0.6) is 0 Å². The average molecular weight is 393 g/mol. The van der Waals surface area contributed by atoms with Crippen LogP contribution >= 0.6 is 0 Å². The largest absolute Gasteiger partial charge is 0.352 e. The highest BCUT2D eigenvalue weighted by molar-refractivity contribution is 6.04. The lowest BCUT2D eigenvalue weighted by Crippen LogP contribution is -2.25. The van der Waals surface area contributed by atoms with E-state index in [1.54, 1.807) is 24.3 Å². The monoisotopic (exact) mass is 393 g/mol. The van der Waals surface area contributed by atoms with E-state index in [1.165, 1.54) is 30.6 Å². The number of pyridine rings is 2. The van der Waals surface area contributed by atoms with Gasteiger partial charge >= 0.3 is 0 Å². The van der Waals surface area contributed by atoms with Crippen LogP contribution in [-0.2, 0) is 6.42 Å². The summed E-state index contributed by atoms with van der Waals surface area (Å²) in [5.41, 5.74) is 2.94. The molecule has 29 heavy (non-hydrogen) atoms. The molecule has 0 fully saturated rings. The number of hydrogen-bond donors (Lipinski definition) is 2.